The minimum atomic E-state index is -2.45. The molecule has 0 saturated heterocycles. The highest BCUT2D eigenvalue weighted by atomic mass is 79.9. The van der Waals surface area contributed by atoms with Crippen LogP contribution in [0.3, 0.4) is 0 Å². The van der Waals surface area contributed by atoms with Crippen LogP contribution in [0.1, 0.15) is 82.5 Å². The first-order valence-electron chi connectivity index (χ1n) is 15.7. The Labute approximate surface area is 307 Å². The summed E-state index contributed by atoms with van der Waals surface area (Å²) < 4.78 is 21.7. The van der Waals surface area contributed by atoms with Crippen molar-refractivity contribution in [2.45, 2.75) is 67.9 Å². The Morgan fingerprint density at radius 2 is 1.19 bits per heavy atom. The summed E-state index contributed by atoms with van der Waals surface area (Å²) in [4.78, 5) is 64.1. The molecule has 0 amide bonds. The minimum absolute atomic E-state index is 0.00366. The van der Waals surface area contributed by atoms with E-state index < -0.39 is 46.8 Å². The zero-order valence-electron chi connectivity index (χ0n) is 30.1. The smallest absolute Gasteiger partial charge is 0.356 e. The summed E-state index contributed by atoms with van der Waals surface area (Å²) in [7, 11) is 1.17. The standard InChI is InChI=1S/C38H37BrO13/c1-14-11-24(22(9)30(41)26(14)35(45)51-32-19(6)16(3)27(34(43)44)17(4)20(32)7)50-36(46)28-18(5)21(8)33(29(39)31(28)42)52-37(47)38(48)15(2)12-23(40)13-25(38)49-10/h11-13,41-42,48H,1-10H3,(H,43,44)/t38-/m1/s1. The number of aliphatic hydroxyl groups is 1. The van der Waals surface area contributed by atoms with Gasteiger partial charge in [-0.05, 0) is 135 Å². The first kappa shape index (κ1) is 39.3. The number of halogens is 1. The number of carboxylic acids is 1. The van der Waals surface area contributed by atoms with Crippen molar-refractivity contribution < 1.29 is 63.3 Å². The van der Waals surface area contributed by atoms with E-state index in [0.717, 1.165) is 12.2 Å². The Balaban J connectivity index is 1.66. The minimum Gasteiger partial charge on any atom is -0.507 e. The maximum absolute atomic E-state index is 13.6. The number of carbonyl (C=O) groups excluding carboxylic acids is 4. The number of allylic oxidation sites excluding steroid dienone is 2. The molecule has 0 saturated carbocycles. The van der Waals surface area contributed by atoms with Crippen molar-refractivity contribution in [3.05, 3.63) is 95.2 Å². The van der Waals surface area contributed by atoms with E-state index in [1.165, 1.54) is 47.8 Å². The maximum Gasteiger partial charge on any atom is 0.356 e. The number of phenols is 2. The summed E-state index contributed by atoms with van der Waals surface area (Å²) in [5, 5.41) is 43.2. The second-order valence-electron chi connectivity index (χ2n) is 12.5. The number of rotatable bonds is 8. The number of carboxylic acid groups (broad SMARTS) is 1. The van der Waals surface area contributed by atoms with E-state index in [1.54, 1.807) is 27.7 Å². The first-order chi connectivity index (χ1) is 24.1. The van der Waals surface area contributed by atoms with Gasteiger partial charge in [0.2, 0.25) is 5.60 Å². The van der Waals surface area contributed by atoms with Crippen molar-refractivity contribution in [3.63, 3.8) is 0 Å². The van der Waals surface area contributed by atoms with Gasteiger partial charge in [0.15, 0.2) is 11.5 Å². The lowest BCUT2D eigenvalue weighted by atomic mass is 9.87. The fourth-order valence-corrected chi connectivity index (χ4v) is 6.57. The van der Waals surface area contributed by atoms with Gasteiger partial charge in [-0.1, -0.05) is 0 Å². The molecule has 0 spiro atoms. The van der Waals surface area contributed by atoms with E-state index in [9.17, 15) is 44.4 Å². The number of phenolic OH excluding ortho intramolecular Hbond substituents is 2. The first-order valence-corrected chi connectivity index (χ1v) is 16.5. The van der Waals surface area contributed by atoms with E-state index in [2.05, 4.69) is 15.9 Å². The molecule has 4 N–H and O–H groups in total. The summed E-state index contributed by atoms with van der Waals surface area (Å²) >= 11 is 3.17. The summed E-state index contributed by atoms with van der Waals surface area (Å²) in [5.74, 6) is -6.62. The van der Waals surface area contributed by atoms with Crippen molar-refractivity contribution in [3.8, 4) is 28.7 Å². The molecule has 1 aliphatic carbocycles. The molecule has 1 aliphatic rings. The number of aromatic carboxylic acids is 1. The summed E-state index contributed by atoms with van der Waals surface area (Å²) in [6.07, 6.45) is 2.00. The third-order valence-corrected chi connectivity index (χ3v) is 10.2. The molecule has 4 rings (SSSR count). The van der Waals surface area contributed by atoms with Crippen LogP contribution < -0.4 is 14.2 Å². The van der Waals surface area contributed by atoms with Gasteiger partial charge in [0.05, 0.1) is 12.7 Å². The van der Waals surface area contributed by atoms with Crippen molar-refractivity contribution >= 4 is 45.6 Å². The second-order valence-corrected chi connectivity index (χ2v) is 13.3. The fraction of sp³-hybridized carbons (Fsp3) is 0.289. The third-order valence-electron chi connectivity index (χ3n) is 9.47. The molecule has 3 aromatic carbocycles. The van der Waals surface area contributed by atoms with Gasteiger partial charge >= 0.3 is 23.9 Å². The highest BCUT2D eigenvalue weighted by Crippen LogP contribution is 2.44. The monoisotopic (exact) mass is 780 g/mol. The van der Waals surface area contributed by atoms with E-state index in [-0.39, 0.29) is 72.0 Å². The number of ether oxygens (including phenoxy) is 4. The molecule has 0 aromatic heterocycles. The van der Waals surface area contributed by atoms with Crippen LogP contribution >= 0.6 is 15.9 Å². The largest absolute Gasteiger partial charge is 0.507 e. The molecule has 274 valence electrons. The van der Waals surface area contributed by atoms with Crippen LogP contribution in [-0.2, 0) is 14.3 Å². The highest BCUT2D eigenvalue weighted by Gasteiger charge is 2.48. The summed E-state index contributed by atoms with van der Waals surface area (Å²) in [6.45, 7) is 13.7. The SMILES string of the molecule is COC1=CC(=O)C=C(C)[C@]1(O)C(=O)Oc1c(C)c(C)c(C(=O)Oc2cc(C)c(C(=O)Oc3c(C)c(C)c(C(=O)O)c(C)c3C)c(O)c2C)c(O)c1Br. The van der Waals surface area contributed by atoms with Gasteiger partial charge < -0.3 is 39.4 Å². The van der Waals surface area contributed by atoms with Gasteiger partial charge in [-0.15, -0.1) is 0 Å². The van der Waals surface area contributed by atoms with Crippen molar-refractivity contribution in [2.24, 2.45) is 0 Å². The van der Waals surface area contributed by atoms with Gasteiger partial charge in [-0.25, -0.2) is 19.2 Å². The molecular weight excluding hydrogens is 744 g/mol. The molecular formula is C38H37BrO13. The Kier molecular flexibility index (Phi) is 10.8. The quantitative estimate of drug-likeness (QED) is 0.150. The number of aromatic hydroxyl groups is 2. The zero-order chi connectivity index (χ0) is 39.3. The predicted molar refractivity (Wildman–Crippen MR) is 190 cm³/mol. The van der Waals surface area contributed by atoms with Gasteiger partial charge in [-0.3, -0.25) is 4.79 Å². The van der Waals surface area contributed by atoms with E-state index in [1.807, 2.05) is 0 Å². The Morgan fingerprint density at radius 1 is 0.673 bits per heavy atom. The van der Waals surface area contributed by atoms with Crippen LogP contribution in [0.15, 0.2) is 34.0 Å². The van der Waals surface area contributed by atoms with Crippen LogP contribution in [0, 0.1) is 55.4 Å². The lowest BCUT2D eigenvalue weighted by Crippen LogP contribution is -2.47. The number of hydrogen-bond acceptors (Lipinski definition) is 12. The maximum atomic E-state index is 13.6. The van der Waals surface area contributed by atoms with Crippen LogP contribution in [0.5, 0.6) is 28.7 Å². The number of carbonyl (C=O) groups is 5. The van der Waals surface area contributed by atoms with Gasteiger partial charge in [0, 0.05) is 11.6 Å². The number of benzene rings is 3. The molecule has 14 heteroatoms. The van der Waals surface area contributed by atoms with Gasteiger partial charge in [-0.2, -0.15) is 0 Å². The van der Waals surface area contributed by atoms with Crippen LogP contribution in [0.25, 0.3) is 0 Å². The molecule has 13 nitrogen and oxygen atoms in total. The van der Waals surface area contributed by atoms with E-state index >= 15 is 0 Å². The normalized spacial score (nSPS) is 15.4. The number of ketones is 1. The molecule has 0 fully saturated rings. The molecule has 1 atom stereocenters. The Morgan fingerprint density at radius 3 is 1.73 bits per heavy atom. The Hall–Kier alpha value is -5.47. The molecule has 52 heavy (non-hydrogen) atoms. The molecule has 0 radical (unpaired) electrons. The lowest BCUT2D eigenvalue weighted by molar-refractivity contribution is -0.151. The van der Waals surface area contributed by atoms with Crippen LogP contribution in [0.2, 0.25) is 0 Å². The average molecular weight is 782 g/mol. The second kappa shape index (κ2) is 14.3. The topological polar surface area (TPSA) is 203 Å². The fourth-order valence-electron chi connectivity index (χ4n) is 5.99. The summed E-state index contributed by atoms with van der Waals surface area (Å²) in [5.41, 5.74) is -0.690. The van der Waals surface area contributed by atoms with Crippen molar-refractivity contribution in [2.75, 3.05) is 7.11 Å². The molecule has 0 heterocycles. The number of aryl methyl sites for hydroxylation is 1. The van der Waals surface area contributed by atoms with E-state index in [4.69, 9.17) is 18.9 Å². The number of hydrogen-bond donors (Lipinski definition) is 4. The molecule has 0 unspecified atom stereocenters. The van der Waals surface area contributed by atoms with Crippen molar-refractivity contribution in [1.82, 2.24) is 0 Å². The molecule has 3 aromatic rings. The Bertz CT molecular complexity index is 2130. The van der Waals surface area contributed by atoms with Gasteiger partial charge in [0.1, 0.15) is 44.4 Å². The van der Waals surface area contributed by atoms with Crippen LogP contribution in [-0.4, -0.2) is 62.8 Å². The highest BCUT2D eigenvalue weighted by molar-refractivity contribution is 9.10. The third kappa shape index (κ3) is 6.43. The van der Waals surface area contributed by atoms with Gasteiger partial charge in [0.25, 0.3) is 0 Å². The number of methoxy groups -OCH3 is 1. The summed E-state index contributed by atoms with van der Waals surface area (Å²) in [6, 6.07) is 1.34. The molecule has 0 aliphatic heterocycles. The predicted octanol–water partition coefficient (Wildman–Crippen LogP) is 6.16. The van der Waals surface area contributed by atoms with Crippen LogP contribution in [0.4, 0.5) is 0 Å². The lowest BCUT2D eigenvalue weighted by Gasteiger charge is -2.30. The zero-order valence-corrected chi connectivity index (χ0v) is 31.7. The van der Waals surface area contributed by atoms with Crippen molar-refractivity contribution in [1.29, 1.82) is 0 Å². The molecule has 0 bridgehead atoms. The van der Waals surface area contributed by atoms with E-state index in [0.29, 0.717) is 22.3 Å². The average Bonchev–Trinajstić information content (AvgIpc) is 3.07. The number of esters is 3.